The predicted octanol–water partition coefficient (Wildman–Crippen LogP) is 3.06. The third kappa shape index (κ3) is 4.36. The summed E-state index contributed by atoms with van der Waals surface area (Å²) in [5.74, 6) is -0.609. The highest BCUT2D eigenvalue weighted by molar-refractivity contribution is 5.78. The molecular weight excluding hydrogens is 337 g/mol. The van der Waals surface area contributed by atoms with Gasteiger partial charge < -0.3 is 10.2 Å². The van der Waals surface area contributed by atoms with E-state index in [-0.39, 0.29) is 17.6 Å². The molecule has 0 aliphatic carbocycles. The highest BCUT2D eigenvalue weighted by atomic mass is 19.1. The molecule has 6 nitrogen and oxygen atoms in total. The van der Waals surface area contributed by atoms with Gasteiger partial charge in [-0.25, -0.2) is 4.39 Å². The summed E-state index contributed by atoms with van der Waals surface area (Å²) in [6.45, 7) is 1.18. The number of nitro benzene ring substituents is 1. The SMILES string of the molecule is O=C(Cc1ccccc1)NC1CCN(c2ccc([N+](=O)[O-])cc2F)CC1. The highest BCUT2D eigenvalue weighted by Gasteiger charge is 2.23. The lowest BCUT2D eigenvalue weighted by Crippen LogP contribution is -2.45. The third-order valence-electron chi connectivity index (χ3n) is 4.55. The molecule has 0 bridgehead atoms. The monoisotopic (exact) mass is 357 g/mol. The van der Waals surface area contributed by atoms with Crippen LogP contribution in [0.4, 0.5) is 15.8 Å². The van der Waals surface area contributed by atoms with Gasteiger partial charge in [-0.2, -0.15) is 0 Å². The number of carbonyl (C=O) groups is 1. The largest absolute Gasteiger partial charge is 0.369 e. The smallest absolute Gasteiger partial charge is 0.272 e. The average molecular weight is 357 g/mol. The Balaban J connectivity index is 1.53. The molecule has 7 heteroatoms. The lowest BCUT2D eigenvalue weighted by atomic mass is 10.0. The van der Waals surface area contributed by atoms with Crippen molar-refractivity contribution in [2.24, 2.45) is 0 Å². The van der Waals surface area contributed by atoms with Gasteiger partial charge in [0.05, 0.1) is 23.1 Å². The number of nitrogens with one attached hydrogen (secondary N) is 1. The maximum absolute atomic E-state index is 14.1. The van der Waals surface area contributed by atoms with Crippen molar-refractivity contribution in [1.29, 1.82) is 0 Å². The van der Waals surface area contributed by atoms with Gasteiger partial charge in [0.15, 0.2) is 5.82 Å². The third-order valence-corrected chi connectivity index (χ3v) is 4.55. The molecule has 26 heavy (non-hydrogen) atoms. The predicted molar refractivity (Wildman–Crippen MR) is 96.6 cm³/mol. The first kappa shape index (κ1) is 17.8. The standard InChI is InChI=1S/C19H20FN3O3/c20-17-13-16(23(25)26)6-7-18(17)22-10-8-15(9-11-22)21-19(24)12-14-4-2-1-3-5-14/h1-7,13,15H,8-12H2,(H,21,24). The second-order valence-electron chi connectivity index (χ2n) is 6.38. The van der Waals surface area contributed by atoms with Crippen LogP contribution >= 0.6 is 0 Å². The van der Waals surface area contributed by atoms with Crippen molar-refractivity contribution < 1.29 is 14.1 Å². The Kier molecular flexibility index (Phi) is 5.46. The molecule has 1 N–H and O–H groups in total. The quantitative estimate of drug-likeness (QED) is 0.659. The number of anilines is 1. The molecule has 1 aliphatic rings. The van der Waals surface area contributed by atoms with Crippen molar-refractivity contribution >= 4 is 17.3 Å². The minimum absolute atomic E-state index is 0.0174. The maximum atomic E-state index is 14.1. The fourth-order valence-electron chi connectivity index (χ4n) is 3.19. The fraction of sp³-hybridized carbons (Fsp3) is 0.316. The zero-order valence-corrected chi connectivity index (χ0v) is 14.2. The molecule has 1 amide bonds. The van der Waals surface area contributed by atoms with E-state index in [9.17, 15) is 19.3 Å². The fourth-order valence-corrected chi connectivity index (χ4v) is 3.19. The second kappa shape index (κ2) is 7.95. The highest BCUT2D eigenvalue weighted by Crippen LogP contribution is 2.26. The van der Waals surface area contributed by atoms with E-state index >= 15 is 0 Å². The molecule has 0 aromatic heterocycles. The molecule has 1 heterocycles. The number of non-ortho nitro benzene ring substituents is 1. The summed E-state index contributed by atoms with van der Waals surface area (Å²) < 4.78 is 14.1. The summed E-state index contributed by atoms with van der Waals surface area (Å²) in [6, 6.07) is 13.3. The molecule has 0 saturated carbocycles. The molecule has 1 aliphatic heterocycles. The van der Waals surface area contributed by atoms with Gasteiger partial charge in [0.2, 0.25) is 5.91 Å². The Morgan fingerprint density at radius 1 is 1.19 bits per heavy atom. The van der Waals surface area contributed by atoms with Crippen LogP contribution in [-0.2, 0) is 11.2 Å². The Bertz CT molecular complexity index is 790. The summed E-state index contributed by atoms with van der Waals surface area (Å²) in [5.41, 5.74) is 1.08. The molecule has 0 atom stereocenters. The van der Waals surface area contributed by atoms with Gasteiger partial charge in [0, 0.05) is 25.2 Å². The van der Waals surface area contributed by atoms with Crippen LogP contribution in [-0.4, -0.2) is 30.0 Å². The molecule has 0 unspecified atom stereocenters. The van der Waals surface area contributed by atoms with E-state index in [1.54, 1.807) is 0 Å². The average Bonchev–Trinajstić information content (AvgIpc) is 2.63. The van der Waals surface area contributed by atoms with Crippen LogP contribution in [0.1, 0.15) is 18.4 Å². The van der Waals surface area contributed by atoms with Crippen molar-refractivity contribution in [3.8, 4) is 0 Å². The zero-order valence-electron chi connectivity index (χ0n) is 14.2. The molecule has 3 rings (SSSR count). The van der Waals surface area contributed by atoms with Gasteiger partial charge >= 0.3 is 0 Å². The number of hydrogen-bond acceptors (Lipinski definition) is 4. The van der Waals surface area contributed by atoms with Gasteiger partial charge in [-0.3, -0.25) is 14.9 Å². The molecule has 1 fully saturated rings. The second-order valence-corrected chi connectivity index (χ2v) is 6.38. The van der Waals surface area contributed by atoms with Gasteiger partial charge in [0.1, 0.15) is 0 Å². The zero-order chi connectivity index (χ0) is 18.5. The number of piperidine rings is 1. The van der Waals surface area contributed by atoms with Crippen molar-refractivity contribution in [1.82, 2.24) is 5.32 Å². The lowest BCUT2D eigenvalue weighted by molar-refractivity contribution is -0.385. The Labute approximate surface area is 150 Å². The Hall–Kier alpha value is -2.96. The summed E-state index contributed by atoms with van der Waals surface area (Å²) in [4.78, 5) is 24.1. The van der Waals surface area contributed by atoms with Crippen LogP contribution in [0.25, 0.3) is 0 Å². The molecule has 136 valence electrons. The Morgan fingerprint density at radius 2 is 1.88 bits per heavy atom. The first-order valence-electron chi connectivity index (χ1n) is 8.55. The van der Waals surface area contributed by atoms with Gasteiger partial charge in [0.25, 0.3) is 5.69 Å². The molecule has 2 aromatic rings. The van der Waals surface area contributed by atoms with Crippen LogP contribution in [0.15, 0.2) is 48.5 Å². The Morgan fingerprint density at radius 3 is 2.50 bits per heavy atom. The number of amides is 1. The number of nitrogens with zero attached hydrogens (tertiary/aromatic N) is 2. The van der Waals surface area contributed by atoms with E-state index < -0.39 is 10.7 Å². The first-order valence-corrected chi connectivity index (χ1v) is 8.55. The molecule has 0 spiro atoms. The van der Waals surface area contributed by atoms with Crippen LogP contribution in [0.2, 0.25) is 0 Å². The van der Waals surface area contributed by atoms with Crippen LogP contribution in [0.5, 0.6) is 0 Å². The number of halogens is 1. The van der Waals surface area contributed by atoms with E-state index in [0.29, 0.717) is 38.0 Å². The number of hydrogen-bond donors (Lipinski definition) is 1. The van der Waals surface area contributed by atoms with Crippen molar-refractivity contribution in [3.63, 3.8) is 0 Å². The maximum Gasteiger partial charge on any atom is 0.272 e. The minimum atomic E-state index is -0.610. The van der Waals surface area contributed by atoms with Gasteiger partial charge in [-0.1, -0.05) is 30.3 Å². The van der Waals surface area contributed by atoms with Crippen LogP contribution < -0.4 is 10.2 Å². The van der Waals surface area contributed by atoms with E-state index in [0.717, 1.165) is 11.6 Å². The van der Waals surface area contributed by atoms with E-state index in [1.807, 2.05) is 35.2 Å². The first-order chi connectivity index (χ1) is 12.5. The van der Waals surface area contributed by atoms with Gasteiger partial charge in [-0.05, 0) is 24.5 Å². The van der Waals surface area contributed by atoms with Crippen LogP contribution in [0, 0.1) is 15.9 Å². The normalized spacial score (nSPS) is 14.9. The molecule has 0 radical (unpaired) electrons. The van der Waals surface area contributed by atoms with E-state index in [1.165, 1.54) is 12.1 Å². The van der Waals surface area contributed by atoms with E-state index in [2.05, 4.69) is 5.32 Å². The van der Waals surface area contributed by atoms with Crippen molar-refractivity contribution in [2.45, 2.75) is 25.3 Å². The number of rotatable bonds is 5. The number of nitro groups is 1. The number of carbonyl (C=O) groups excluding carboxylic acids is 1. The number of benzene rings is 2. The van der Waals surface area contributed by atoms with Gasteiger partial charge in [-0.15, -0.1) is 0 Å². The summed E-state index contributed by atoms with van der Waals surface area (Å²) >= 11 is 0. The molecular formula is C19H20FN3O3. The summed E-state index contributed by atoms with van der Waals surface area (Å²) in [7, 11) is 0. The lowest BCUT2D eigenvalue weighted by Gasteiger charge is -2.34. The molecule has 1 saturated heterocycles. The van der Waals surface area contributed by atoms with Crippen molar-refractivity contribution in [2.75, 3.05) is 18.0 Å². The van der Waals surface area contributed by atoms with Crippen LogP contribution in [0.3, 0.4) is 0 Å². The van der Waals surface area contributed by atoms with Crippen molar-refractivity contribution in [3.05, 3.63) is 70.0 Å². The van der Waals surface area contributed by atoms with E-state index in [4.69, 9.17) is 0 Å². The summed E-state index contributed by atoms with van der Waals surface area (Å²) in [6.07, 6.45) is 1.76. The minimum Gasteiger partial charge on any atom is -0.369 e. The molecule has 2 aromatic carbocycles. The topological polar surface area (TPSA) is 75.5 Å². The summed E-state index contributed by atoms with van der Waals surface area (Å²) in [5, 5.41) is 13.7.